The molecule has 15 heavy (non-hydrogen) atoms. The van der Waals surface area contributed by atoms with E-state index in [0.717, 1.165) is 6.07 Å². The number of alkyl halides is 2. The molecule has 0 atom stereocenters. The van der Waals surface area contributed by atoms with Crippen LogP contribution in [0.5, 0.6) is 0 Å². The van der Waals surface area contributed by atoms with Crippen molar-refractivity contribution in [1.82, 2.24) is 4.98 Å². The molecule has 0 saturated carbocycles. The maximum atomic E-state index is 12.6. The van der Waals surface area contributed by atoms with Crippen molar-refractivity contribution >= 4 is 17.6 Å². The lowest BCUT2D eigenvalue weighted by Gasteiger charge is -2.08. The molecule has 0 spiro atoms. The van der Waals surface area contributed by atoms with Gasteiger partial charge < -0.3 is 4.74 Å². The first-order valence-corrected chi connectivity index (χ1v) is 4.55. The zero-order chi connectivity index (χ0) is 11.4. The molecule has 82 valence electrons. The highest BCUT2D eigenvalue weighted by Gasteiger charge is 2.22. The van der Waals surface area contributed by atoms with Crippen molar-refractivity contribution in [3.05, 3.63) is 28.5 Å². The lowest BCUT2D eigenvalue weighted by Crippen LogP contribution is -2.09. The average molecular weight is 236 g/mol. The van der Waals surface area contributed by atoms with Crippen molar-refractivity contribution in [2.45, 2.75) is 13.3 Å². The van der Waals surface area contributed by atoms with Crippen LogP contribution >= 0.6 is 11.6 Å². The zero-order valence-electron chi connectivity index (χ0n) is 7.84. The van der Waals surface area contributed by atoms with Gasteiger partial charge in [0, 0.05) is 6.20 Å². The number of carbonyl (C=O) groups is 1. The summed E-state index contributed by atoms with van der Waals surface area (Å²) in [6, 6.07) is 1.16. The third-order valence-corrected chi connectivity index (χ3v) is 1.96. The minimum atomic E-state index is -2.86. The molecule has 0 saturated heterocycles. The molecule has 0 bridgehead atoms. The maximum absolute atomic E-state index is 12.6. The minimum absolute atomic E-state index is 0.113. The molecular formula is C9H8ClF2NO2. The summed E-state index contributed by atoms with van der Waals surface area (Å²) in [6.07, 6.45) is -1.67. The van der Waals surface area contributed by atoms with Crippen LogP contribution in [-0.4, -0.2) is 17.6 Å². The van der Waals surface area contributed by atoms with Gasteiger partial charge >= 0.3 is 5.97 Å². The Kier molecular flexibility index (Phi) is 3.96. The molecule has 1 heterocycles. The van der Waals surface area contributed by atoms with Crippen LogP contribution in [0.2, 0.25) is 5.15 Å². The third kappa shape index (κ3) is 2.62. The predicted octanol–water partition coefficient (Wildman–Crippen LogP) is 2.85. The Morgan fingerprint density at radius 3 is 2.87 bits per heavy atom. The molecular weight excluding hydrogens is 228 g/mol. The van der Waals surface area contributed by atoms with Gasteiger partial charge in [-0.2, -0.15) is 0 Å². The van der Waals surface area contributed by atoms with Gasteiger partial charge in [0.05, 0.1) is 17.7 Å². The second-order valence-corrected chi connectivity index (χ2v) is 2.94. The normalized spacial score (nSPS) is 10.5. The lowest BCUT2D eigenvalue weighted by atomic mass is 10.1. The molecule has 3 nitrogen and oxygen atoms in total. The molecule has 1 aromatic heterocycles. The van der Waals surface area contributed by atoms with E-state index in [1.165, 1.54) is 6.20 Å². The summed E-state index contributed by atoms with van der Waals surface area (Å²) in [6.45, 7) is 1.70. The van der Waals surface area contributed by atoms with Crippen molar-refractivity contribution in [3.8, 4) is 0 Å². The van der Waals surface area contributed by atoms with E-state index in [-0.39, 0.29) is 17.3 Å². The Bertz CT molecular complexity index is 371. The number of nitrogens with zero attached hydrogens (tertiary/aromatic N) is 1. The largest absolute Gasteiger partial charge is 0.462 e. The second-order valence-electron chi connectivity index (χ2n) is 2.58. The molecule has 0 aromatic carbocycles. The van der Waals surface area contributed by atoms with Crippen LogP contribution in [-0.2, 0) is 4.74 Å². The van der Waals surface area contributed by atoms with Gasteiger partial charge in [-0.05, 0) is 13.0 Å². The van der Waals surface area contributed by atoms with E-state index in [2.05, 4.69) is 9.72 Å². The van der Waals surface area contributed by atoms with Crippen molar-refractivity contribution < 1.29 is 18.3 Å². The van der Waals surface area contributed by atoms with Gasteiger partial charge in [0.25, 0.3) is 6.43 Å². The summed E-state index contributed by atoms with van der Waals surface area (Å²) in [7, 11) is 0. The summed E-state index contributed by atoms with van der Waals surface area (Å²) in [4.78, 5) is 14.8. The highest BCUT2D eigenvalue weighted by molar-refractivity contribution is 6.30. The molecule has 0 N–H and O–H groups in total. The zero-order valence-corrected chi connectivity index (χ0v) is 8.59. The first-order valence-electron chi connectivity index (χ1n) is 4.17. The fourth-order valence-corrected chi connectivity index (χ4v) is 1.28. The number of halogens is 3. The first-order chi connectivity index (χ1) is 7.07. The number of esters is 1. The van der Waals surface area contributed by atoms with E-state index in [4.69, 9.17) is 11.6 Å². The Morgan fingerprint density at radius 2 is 2.33 bits per heavy atom. The monoisotopic (exact) mass is 235 g/mol. The summed E-state index contributed by atoms with van der Waals surface area (Å²) in [5, 5.41) is -0.379. The topological polar surface area (TPSA) is 39.2 Å². The molecule has 0 fully saturated rings. The Balaban J connectivity index is 3.17. The first kappa shape index (κ1) is 11.8. The van der Waals surface area contributed by atoms with Crippen molar-refractivity contribution in [1.29, 1.82) is 0 Å². The highest BCUT2D eigenvalue weighted by atomic mass is 35.5. The maximum Gasteiger partial charge on any atom is 0.338 e. The Morgan fingerprint density at radius 1 is 1.67 bits per heavy atom. The summed E-state index contributed by atoms with van der Waals surface area (Å²) in [5.41, 5.74) is -0.829. The number of rotatable bonds is 3. The van der Waals surface area contributed by atoms with Crippen molar-refractivity contribution in [2.75, 3.05) is 6.61 Å². The minimum Gasteiger partial charge on any atom is -0.462 e. The van der Waals surface area contributed by atoms with Gasteiger partial charge in [-0.1, -0.05) is 11.6 Å². The van der Waals surface area contributed by atoms with Gasteiger partial charge in [-0.25, -0.2) is 18.6 Å². The van der Waals surface area contributed by atoms with Gasteiger partial charge in [0.15, 0.2) is 0 Å². The quantitative estimate of drug-likeness (QED) is 0.597. The van der Waals surface area contributed by atoms with E-state index < -0.39 is 18.0 Å². The van der Waals surface area contributed by atoms with Gasteiger partial charge in [-0.3, -0.25) is 0 Å². The summed E-state index contributed by atoms with van der Waals surface area (Å²) in [5.74, 6) is -0.822. The number of hydrogen-bond acceptors (Lipinski definition) is 3. The van der Waals surface area contributed by atoms with E-state index >= 15 is 0 Å². The fourth-order valence-electron chi connectivity index (χ4n) is 1.04. The van der Waals surface area contributed by atoms with Crippen molar-refractivity contribution in [3.63, 3.8) is 0 Å². The standard InChI is InChI=1S/C9H8ClF2NO2/c1-2-15-9(14)5-3-4-13-7(10)6(5)8(11)12/h3-4,8H,2H2,1H3. The van der Waals surface area contributed by atoms with Crippen LogP contribution in [0.4, 0.5) is 8.78 Å². The molecule has 1 rings (SSSR count). The van der Waals surface area contributed by atoms with Crippen LogP contribution in [0, 0.1) is 0 Å². The Labute approximate surface area is 90.0 Å². The summed E-state index contributed by atoms with van der Waals surface area (Å²) >= 11 is 5.47. The molecule has 6 heteroatoms. The molecule has 0 amide bonds. The van der Waals surface area contributed by atoms with Crippen molar-refractivity contribution in [2.24, 2.45) is 0 Å². The second kappa shape index (κ2) is 5.02. The molecule has 0 unspecified atom stereocenters. The Hall–Kier alpha value is -1.23. The highest BCUT2D eigenvalue weighted by Crippen LogP contribution is 2.28. The fraction of sp³-hybridized carbons (Fsp3) is 0.333. The van der Waals surface area contributed by atoms with Crippen LogP contribution < -0.4 is 0 Å². The average Bonchev–Trinajstić information content (AvgIpc) is 2.17. The molecule has 0 aliphatic rings. The lowest BCUT2D eigenvalue weighted by molar-refractivity contribution is 0.0515. The van der Waals surface area contributed by atoms with Crippen LogP contribution in [0.25, 0.3) is 0 Å². The number of ether oxygens (including phenoxy) is 1. The van der Waals surface area contributed by atoms with Gasteiger partial charge in [-0.15, -0.1) is 0 Å². The van der Waals surface area contributed by atoms with Gasteiger partial charge in [0.1, 0.15) is 5.15 Å². The van der Waals surface area contributed by atoms with Gasteiger partial charge in [0.2, 0.25) is 0 Å². The number of pyridine rings is 1. The van der Waals surface area contributed by atoms with Crippen LogP contribution in [0.1, 0.15) is 29.3 Å². The van der Waals surface area contributed by atoms with E-state index in [1.54, 1.807) is 6.92 Å². The summed E-state index contributed by atoms with van der Waals surface area (Å²) < 4.78 is 29.7. The predicted molar refractivity (Wildman–Crippen MR) is 50.2 cm³/mol. The molecule has 0 aliphatic heterocycles. The van der Waals surface area contributed by atoms with E-state index in [9.17, 15) is 13.6 Å². The van der Waals surface area contributed by atoms with E-state index in [0.29, 0.717) is 0 Å². The number of aromatic nitrogens is 1. The third-order valence-electron chi connectivity index (χ3n) is 1.66. The van der Waals surface area contributed by atoms with Crippen LogP contribution in [0.15, 0.2) is 12.3 Å². The smallest absolute Gasteiger partial charge is 0.338 e. The number of hydrogen-bond donors (Lipinski definition) is 0. The molecule has 1 aromatic rings. The van der Waals surface area contributed by atoms with E-state index in [1.807, 2.05) is 0 Å². The molecule has 0 aliphatic carbocycles. The molecule has 0 radical (unpaired) electrons. The van der Waals surface area contributed by atoms with Crippen LogP contribution in [0.3, 0.4) is 0 Å². The SMILES string of the molecule is CCOC(=O)c1ccnc(Cl)c1C(F)F. The number of carbonyl (C=O) groups excluding carboxylic acids is 1.